The zero-order chi connectivity index (χ0) is 26.0. The van der Waals surface area contributed by atoms with Crippen molar-refractivity contribution in [2.24, 2.45) is 5.92 Å². The molecular formula is C27H31NO6S. The topological polar surface area (TPSA) is 114 Å². The van der Waals surface area contributed by atoms with E-state index in [1.165, 1.54) is 14.0 Å². The van der Waals surface area contributed by atoms with Gasteiger partial charge in [0.1, 0.15) is 11.5 Å². The number of methoxy groups -OCH3 is 1. The average Bonchev–Trinajstić information content (AvgIpc) is 2.84. The molecule has 1 atom stereocenters. The first-order valence-corrected chi connectivity index (χ1v) is 12.5. The molecule has 0 aromatic heterocycles. The molecule has 186 valence electrons. The third kappa shape index (κ3) is 7.59. The number of esters is 1. The summed E-state index contributed by atoms with van der Waals surface area (Å²) in [6.07, 6.45) is 2.09. The maximum Gasteiger partial charge on any atom is 0.306 e. The van der Waals surface area contributed by atoms with Gasteiger partial charge in [0.15, 0.2) is 11.6 Å². The Morgan fingerprint density at radius 1 is 1.17 bits per heavy atom. The van der Waals surface area contributed by atoms with Crippen molar-refractivity contribution < 1.29 is 29.0 Å². The van der Waals surface area contributed by atoms with Crippen molar-refractivity contribution in [2.75, 3.05) is 19.5 Å². The molecule has 2 rings (SSSR count). The molecule has 0 saturated heterocycles. The summed E-state index contributed by atoms with van der Waals surface area (Å²) in [6, 6.07) is 10.5. The Balaban J connectivity index is 1.96. The fraction of sp³-hybridized carbons (Fsp3) is 0.407. The molecule has 1 N–H and O–H groups in total. The fourth-order valence-corrected chi connectivity index (χ4v) is 4.44. The highest BCUT2D eigenvalue weighted by Gasteiger charge is 2.22. The average molecular weight is 498 g/mol. The van der Waals surface area contributed by atoms with Crippen molar-refractivity contribution in [3.8, 4) is 17.6 Å². The molecule has 0 saturated carbocycles. The zero-order valence-electron chi connectivity index (χ0n) is 20.6. The summed E-state index contributed by atoms with van der Waals surface area (Å²) in [7, 11) is 1.27. The van der Waals surface area contributed by atoms with Crippen LogP contribution in [0.25, 0.3) is 0 Å². The number of carbonyl (C=O) groups is 3. The number of phenols is 1. The predicted octanol–water partition coefficient (Wildman–Crippen LogP) is 5.36. The highest BCUT2D eigenvalue weighted by molar-refractivity contribution is 7.99. The third-order valence-electron chi connectivity index (χ3n) is 5.46. The smallest absolute Gasteiger partial charge is 0.306 e. The highest BCUT2D eigenvalue weighted by Crippen LogP contribution is 2.33. The SMILES string of the molecule is CCCc1c(OCCCSc2ccc(C(=O)C(C)CC(=O)OC)c(C#N)c2)ccc(C(C)=O)c1O. The predicted molar refractivity (Wildman–Crippen MR) is 134 cm³/mol. The number of nitriles is 1. The van der Waals surface area contributed by atoms with E-state index in [1.807, 2.05) is 6.92 Å². The molecule has 8 heteroatoms. The van der Waals surface area contributed by atoms with Crippen LogP contribution in [0.1, 0.15) is 71.9 Å². The van der Waals surface area contributed by atoms with Crippen LogP contribution >= 0.6 is 11.8 Å². The van der Waals surface area contributed by atoms with Gasteiger partial charge in [0.05, 0.1) is 37.3 Å². The van der Waals surface area contributed by atoms with Gasteiger partial charge in [-0.3, -0.25) is 14.4 Å². The maximum atomic E-state index is 12.7. The molecule has 0 aliphatic carbocycles. The van der Waals surface area contributed by atoms with Gasteiger partial charge >= 0.3 is 5.97 Å². The third-order valence-corrected chi connectivity index (χ3v) is 6.54. The van der Waals surface area contributed by atoms with Crippen LogP contribution < -0.4 is 4.74 Å². The van der Waals surface area contributed by atoms with Crippen molar-refractivity contribution in [1.82, 2.24) is 0 Å². The van der Waals surface area contributed by atoms with Gasteiger partial charge in [-0.1, -0.05) is 20.3 Å². The first-order valence-electron chi connectivity index (χ1n) is 11.5. The summed E-state index contributed by atoms with van der Waals surface area (Å²) in [5, 5.41) is 20.0. The summed E-state index contributed by atoms with van der Waals surface area (Å²) in [5.41, 5.74) is 1.52. The number of carbonyl (C=O) groups excluding carboxylic acids is 3. The minimum atomic E-state index is -0.577. The molecule has 2 aromatic rings. The van der Waals surface area contributed by atoms with Crippen molar-refractivity contribution in [2.45, 2.75) is 51.3 Å². The monoisotopic (exact) mass is 497 g/mol. The number of aromatic hydroxyl groups is 1. The van der Waals surface area contributed by atoms with E-state index in [2.05, 4.69) is 10.8 Å². The summed E-state index contributed by atoms with van der Waals surface area (Å²) >= 11 is 1.54. The number of rotatable bonds is 13. The first kappa shape index (κ1) is 27.9. The molecule has 7 nitrogen and oxygen atoms in total. The Bertz CT molecular complexity index is 1120. The van der Waals surface area contributed by atoms with Gasteiger partial charge in [0.2, 0.25) is 0 Å². The van der Waals surface area contributed by atoms with E-state index in [1.54, 1.807) is 49.0 Å². The van der Waals surface area contributed by atoms with E-state index < -0.39 is 11.9 Å². The molecule has 1 unspecified atom stereocenters. The van der Waals surface area contributed by atoms with Crippen molar-refractivity contribution in [3.05, 3.63) is 52.6 Å². The van der Waals surface area contributed by atoms with E-state index in [0.717, 1.165) is 17.1 Å². The lowest BCUT2D eigenvalue weighted by Gasteiger charge is -2.14. The second kappa shape index (κ2) is 13.5. The van der Waals surface area contributed by atoms with Gasteiger partial charge in [-0.05, 0) is 50.1 Å². The Hall–Kier alpha value is -3.31. The van der Waals surface area contributed by atoms with Crippen LogP contribution in [0.2, 0.25) is 0 Å². The van der Waals surface area contributed by atoms with Gasteiger partial charge < -0.3 is 14.6 Å². The Morgan fingerprint density at radius 2 is 1.89 bits per heavy atom. The van der Waals surface area contributed by atoms with Crippen molar-refractivity contribution in [3.63, 3.8) is 0 Å². The number of nitrogens with zero attached hydrogens (tertiary/aromatic N) is 1. The number of ether oxygens (including phenoxy) is 2. The lowest BCUT2D eigenvalue weighted by Crippen LogP contribution is -2.17. The lowest BCUT2D eigenvalue weighted by molar-refractivity contribution is -0.141. The number of phenolic OH excluding ortho intramolecular Hbond substituents is 1. The normalized spacial score (nSPS) is 11.4. The van der Waals surface area contributed by atoms with Crippen LogP contribution in [0.15, 0.2) is 35.2 Å². The second-order valence-corrected chi connectivity index (χ2v) is 9.33. The summed E-state index contributed by atoms with van der Waals surface area (Å²) < 4.78 is 10.5. The van der Waals surface area contributed by atoms with E-state index in [-0.39, 0.29) is 29.3 Å². The molecule has 35 heavy (non-hydrogen) atoms. The molecule has 2 aromatic carbocycles. The fourth-order valence-electron chi connectivity index (χ4n) is 3.57. The quantitative estimate of drug-likeness (QED) is 0.170. The molecule has 0 amide bonds. The van der Waals surface area contributed by atoms with Gasteiger partial charge in [0, 0.05) is 27.7 Å². The van der Waals surface area contributed by atoms with E-state index >= 15 is 0 Å². The summed E-state index contributed by atoms with van der Waals surface area (Å²) in [4.78, 5) is 36.7. The Labute approximate surface area is 210 Å². The van der Waals surface area contributed by atoms with E-state index in [0.29, 0.717) is 41.9 Å². The largest absolute Gasteiger partial charge is 0.507 e. The van der Waals surface area contributed by atoms with Crippen LogP contribution in [0.3, 0.4) is 0 Å². The summed E-state index contributed by atoms with van der Waals surface area (Å²) in [6.45, 7) is 5.48. The van der Waals surface area contributed by atoms with Crippen LogP contribution in [0.4, 0.5) is 0 Å². The lowest BCUT2D eigenvalue weighted by atomic mass is 9.93. The minimum absolute atomic E-state index is 0.00852. The van der Waals surface area contributed by atoms with E-state index in [9.17, 15) is 24.8 Å². The number of hydrogen-bond donors (Lipinski definition) is 1. The number of thioether (sulfide) groups is 1. The van der Waals surface area contributed by atoms with Crippen LogP contribution in [0, 0.1) is 17.2 Å². The van der Waals surface area contributed by atoms with Gasteiger partial charge in [0.25, 0.3) is 0 Å². The molecule has 0 aliphatic rings. The Kier molecular flexibility index (Phi) is 10.8. The number of benzene rings is 2. The molecular weight excluding hydrogens is 466 g/mol. The first-order chi connectivity index (χ1) is 16.7. The minimum Gasteiger partial charge on any atom is -0.507 e. The second-order valence-electron chi connectivity index (χ2n) is 8.16. The van der Waals surface area contributed by atoms with Crippen LogP contribution in [-0.2, 0) is 16.0 Å². The van der Waals surface area contributed by atoms with Crippen LogP contribution in [0.5, 0.6) is 11.5 Å². The number of ketones is 2. The molecule has 0 bridgehead atoms. The van der Waals surface area contributed by atoms with Gasteiger partial charge in [-0.2, -0.15) is 5.26 Å². The number of Topliss-reactive ketones (excluding diaryl/α,β-unsaturated/α-hetero) is 2. The van der Waals surface area contributed by atoms with Crippen molar-refractivity contribution in [1.29, 1.82) is 5.26 Å². The summed E-state index contributed by atoms with van der Waals surface area (Å²) in [5.74, 6) is -0.209. The maximum absolute atomic E-state index is 12.7. The Morgan fingerprint density at radius 3 is 2.51 bits per heavy atom. The zero-order valence-corrected chi connectivity index (χ0v) is 21.4. The van der Waals surface area contributed by atoms with Gasteiger partial charge in [-0.15, -0.1) is 11.8 Å². The van der Waals surface area contributed by atoms with Crippen molar-refractivity contribution >= 4 is 29.3 Å². The standard InChI is InChI=1S/C27H31NO6S/c1-5-7-23-24(11-10-21(18(3)29)27(23)32)34-12-6-13-35-20-8-9-22(19(15-20)16-28)26(31)17(2)14-25(30)33-4/h8-11,15,17,32H,5-7,12-14H2,1-4H3. The van der Waals surface area contributed by atoms with Crippen LogP contribution in [-0.4, -0.2) is 42.1 Å². The highest BCUT2D eigenvalue weighted by atomic mass is 32.2. The molecule has 0 aliphatic heterocycles. The molecule has 0 fully saturated rings. The molecule has 0 heterocycles. The number of hydrogen-bond acceptors (Lipinski definition) is 8. The van der Waals surface area contributed by atoms with E-state index in [4.69, 9.17) is 4.74 Å². The molecule has 0 radical (unpaired) electrons. The van der Waals surface area contributed by atoms with Gasteiger partial charge in [-0.25, -0.2) is 0 Å². The molecule has 0 spiro atoms.